The van der Waals surface area contributed by atoms with Gasteiger partial charge in [0.25, 0.3) is 0 Å². The van der Waals surface area contributed by atoms with E-state index in [0.717, 1.165) is 16.7 Å². The fraction of sp³-hybridized carbons (Fsp3) is 0. The van der Waals surface area contributed by atoms with Crippen LogP contribution in [0.4, 0.5) is 5.82 Å². The average molecular weight is 297 g/mol. The highest BCUT2D eigenvalue weighted by atomic mass is 127. The number of aromatic nitrogens is 2. The van der Waals surface area contributed by atoms with E-state index in [2.05, 4.69) is 59.4 Å². The highest BCUT2D eigenvalue weighted by Gasteiger charge is 2.00. The van der Waals surface area contributed by atoms with Gasteiger partial charge in [-0.05, 0) is 40.8 Å². The van der Waals surface area contributed by atoms with Crippen LogP contribution in [0, 0.1) is 3.57 Å². The Hall–Kier alpha value is -0.378. The van der Waals surface area contributed by atoms with Gasteiger partial charge in [0.05, 0.1) is 5.52 Å². The van der Waals surface area contributed by atoms with Gasteiger partial charge in [0.1, 0.15) is 12.1 Å². The van der Waals surface area contributed by atoms with Crippen LogP contribution in [0.1, 0.15) is 0 Å². The maximum absolute atomic E-state index is 4.17. The molecule has 0 aliphatic carbocycles. The van der Waals surface area contributed by atoms with Crippen LogP contribution >= 0.6 is 22.6 Å². The number of nitrogens with zero attached hydrogens (tertiary/aromatic N) is 2. The van der Waals surface area contributed by atoms with Gasteiger partial charge in [-0.25, -0.2) is 9.97 Å². The fourth-order valence-corrected chi connectivity index (χ4v) is 1.87. The SMILES string of the molecule is [Al][NH]c1ncnc2ccc(I)cc12. The minimum atomic E-state index is 0.841. The van der Waals surface area contributed by atoms with Gasteiger partial charge in [0, 0.05) is 8.96 Å². The molecular weight excluding hydrogens is 292 g/mol. The van der Waals surface area contributed by atoms with Crippen molar-refractivity contribution in [3.8, 4) is 0 Å². The molecule has 2 radical (unpaired) electrons. The number of hydrogen-bond acceptors (Lipinski definition) is 3. The summed E-state index contributed by atoms with van der Waals surface area (Å²) in [6.45, 7) is 0. The topological polar surface area (TPSA) is 37.8 Å². The van der Waals surface area contributed by atoms with Crippen LogP contribution in [-0.2, 0) is 0 Å². The average Bonchev–Trinajstić information content (AvgIpc) is 2.17. The zero-order chi connectivity index (χ0) is 9.26. The third kappa shape index (κ3) is 1.78. The number of rotatable bonds is 1. The van der Waals surface area contributed by atoms with Crippen molar-refractivity contribution in [1.82, 2.24) is 9.97 Å². The van der Waals surface area contributed by atoms with Gasteiger partial charge in [-0.1, -0.05) is 0 Å². The van der Waals surface area contributed by atoms with Crippen molar-refractivity contribution in [2.75, 3.05) is 4.30 Å². The molecule has 0 aliphatic heterocycles. The molecule has 0 saturated heterocycles. The molecule has 2 rings (SSSR count). The van der Waals surface area contributed by atoms with Crippen LogP contribution in [0.5, 0.6) is 0 Å². The second-order valence-electron chi connectivity index (χ2n) is 2.53. The smallest absolute Gasteiger partial charge is 0.308 e. The monoisotopic (exact) mass is 297 g/mol. The summed E-state index contributed by atoms with van der Waals surface area (Å²) < 4.78 is 4.14. The van der Waals surface area contributed by atoms with Crippen LogP contribution in [-0.4, -0.2) is 26.5 Å². The number of nitrogens with one attached hydrogen (secondary N) is 1. The van der Waals surface area contributed by atoms with Crippen molar-refractivity contribution in [3.63, 3.8) is 0 Å². The van der Waals surface area contributed by atoms with Gasteiger partial charge in [0.2, 0.25) is 0 Å². The lowest BCUT2D eigenvalue weighted by Crippen LogP contribution is -1.96. The summed E-state index contributed by atoms with van der Waals surface area (Å²) in [5.41, 5.74) is 0.959. The standard InChI is InChI=1S/C8H5IN3.Al/c9-5-1-2-7-6(3-5)8(10)12-4-11-7;/h1-4H,(H-,10,11,12);/q-1;+1. The molecule has 0 bridgehead atoms. The Kier molecular flexibility index (Phi) is 2.67. The minimum Gasteiger partial charge on any atom is -0.476 e. The van der Waals surface area contributed by atoms with Crippen LogP contribution in [0.2, 0.25) is 0 Å². The number of hydrogen-bond donors (Lipinski definition) is 1. The van der Waals surface area contributed by atoms with Gasteiger partial charge < -0.3 is 4.30 Å². The van der Waals surface area contributed by atoms with E-state index in [1.165, 1.54) is 3.57 Å². The zero-order valence-corrected chi connectivity index (χ0v) is 9.97. The molecule has 1 heterocycles. The molecule has 1 aromatic heterocycles. The quantitative estimate of drug-likeness (QED) is 0.643. The van der Waals surface area contributed by atoms with Gasteiger partial charge >= 0.3 is 16.5 Å². The van der Waals surface area contributed by atoms with Crippen molar-refractivity contribution < 1.29 is 0 Å². The van der Waals surface area contributed by atoms with Crippen LogP contribution in [0.25, 0.3) is 10.9 Å². The summed E-state index contributed by atoms with van der Waals surface area (Å²) in [6.07, 6.45) is 1.56. The van der Waals surface area contributed by atoms with Crippen LogP contribution in [0.3, 0.4) is 0 Å². The van der Waals surface area contributed by atoms with Gasteiger partial charge in [-0.2, -0.15) is 0 Å². The van der Waals surface area contributed by atoms with Crippen LogP contribution < -0.4 is 4.30 Å². The van der Waals surface area contributed by atoms with E-state index in [-0.39, 0.29) is 0 Å². The molecule has 0 amide bonds. The minimum absolute atomic E-state index is 0.841. The molecule has 1 N–H and O–H groups in total. The zero-order valence-electron chi connectivity index (χ0n) is 6.66. The van der Waals surface area contributed by atoms with Gasteiger partial charge in [-0.15, -0.1) is 0 Å². The second kappa shape index (κ2) is 3.78. The van der Waals surface area contributed by atoms with Gasteiger partial charge in [-0.3, -0.25) is 0 Å². The summed E-state index contributed by atoms with van der Waals surface area (Å²) in [5, 5.41) is 1.05. The van der Waals surface area contributed by atoms with E-state index in [1.807, 2.05) is 12.1 Å². The molecule has 2 aromatic rings. The Labute approximate surface area is 97.7 Å². The molecule has 0 fully saturated rings. The maximum atomic E-state index is 4.17. The lowest BCUT2D eigenvalue weighted by molar-refractivity contribution is 1.23. The van der Waals surface area contributed by atoms with E-state index in [1.54, 1.807) is 6.33 Å². The summed E-state index contributed by atoms with van der Waals surface area (Å²) >= 11 is 4.71. The number of anilines is 1. The summed E-state index contributed by atoms with van der Waals surface area (Å²) in [4.78, 5) is 8.29. The third-order valence-electron chi connectivity index (χ3n) is 1.73. The molecule has 0 atom stereocenters. The predicted octanol–water partition coefficient (Wildman–Crippen LogP) is 1.73. The highest BCUT2D eigenvalue weighted by molar-refractivity contribution is 14.1. The predicted molar refractivity (Wildman–Crippen MR) is 61.6 cm³/mol. The summed E-state index contributed by atoms with van der Waals surface area (Å²) in [5.74, 6) is 0.841. The molecule has 0 unspecified atom stereocenters. The Balaban J connectivity index is 2.79. The molecule has 1 aromatic carbocycles. The molecule has 5 heteroatoms. The molecule has 62 valence electrons. The van der Waals surface area contributed by atoms with E-state index < -0.39 is 0 Å². The molecule has 3 nitrogen and oxygen atoms in total. The first-order valence-electron chi connectivity index (χ1n) is 3.68. The van der Waals surface area contributed by atoms with Crippen molar-refractivity contribution in [2.45, 2.75) is 0 Å². The Morgan fingerprint density at radius 2 is 2.15 bits per heavy atom. The van der Waals surface area contributed by atoms with E-state index in [4.69, 9.17) is 0 Å². The normalized spacial score (nSPS) is 10.2. The van der Waals surface area contributed by atoms with E-state index >= 15 is 0 Å². The maximum Gasteiger partial charge on any atom is 0.308 e. The van der Waals surface area contributed by atoms with Crippen molar-refractivity contribution in [3.05, 3.63) is 28.1 Å². The lowest BCUT2D eigenvalue weighted by Gasteiger charge is -2.04. The first-order chi connectivity index (χ1) is 6.31. The third-order valence-corrected chi connectivity index (χ3v) is 2.68. The Morgan fingerprint density at radius 3 is 2.92 bits per heavy atom. The first kappa shape index (κ1) is 9.19. The van der Waals surface area contributed by atoms with Gasteiger partial charge in [0.15, 0.2) is 0 Å². The molecule has 0 spiro atoms. The lowest BCUT2D eigenvalue weighted by atomic mass is 10.2. The Morgan fingerprint density at radius 1 is 1.31 bits per heavy atom. The van der Waals surface area contributed by atoms with Crippen molar-refractivity contribution >= 4 is 55.8 Å². The van der Waals surface area contributed by atoms with E-state index in [0.29, 0.717) is 0 Å². The molecular formula is C8H5AlIN3. The molecule has 13 heavy (non-hydrogen) atoms. The number of fused-ring (bicyclic) bond motifs is 1. The summed E-state index contributed by atoms with van der Waals surface area (Å²) in [7, 11) is 0. The van der Waals surface area contributed by atoms with Crippen molar-refractivity contribution in [1.29, 1.82) is 0 Å². The molecule has 0 aliphatic rings. The summed E-state index contributed by atoms with van der Waals surface area (Å²) in [6, 6.07) is 6.08. The highest BCUT2D eigenvalue weighted by Crippen LogP contribution is 2.20. The Bertz CT molecular complexity index is 446. The fourth-order valence-electron chi connectivity index (χ4n) is 1.14. The second-order valence-corrected chi connectivity index (χ2v) is 4.06. The largest absolute Gasteiger partial charge is 0.476 e. The first-order valence-corrected chi connectivity index (χ1v) is 5.34. The van der Waals surface area contributed by atoms with Crippen LogP contribution in [0.15, 0.2) is 24.5 Å². The van der Waals surface area contributed by atoms with Crippen molar-refractivity contribution in [2.24, 2.45) is 0 Å². The van der Waals surface area contributed by atoms with E-state index in [9.17, 15) is 0 Å². The number of benzene rings is 1. The molecule has 0 saturated carbocycles. The number of halogens is 1.